The topological polar surface area (TPSA) is 55.6 Å². The first kappa shape index (κ1) is 12.3. The van der Waals surface area contributed by atoms with Crippen molar-refractivity contribution >= 4 is 6.09 Å². The van der Waals surface area contributed by atoms with Gasteiger partial charge in [-0.1, -0.05) is 0 Å². The van der Waals surface area contributed by atoms with Crippen molar-refractivity contribution in [1.29, 1.82) is 0 Å². The fraction of sp³-hybridized carbons (Fsp3) is 0.909. The second kappa shape index (κ2) is 4.39. The van der Waals surface area contributed by atoms with E-state index in [0.29, 0.717) is 0 Å². The molecule has 1 aliphatic rings. The molecule has 1 saturated carbocycles. The Kier molecular flexibility index (Phi) is 3.60. The highest BCUT2D eigenvalue weighted by atomic mass is 16.6. The molecule has 4 nitrogen and oxygen atoms in total. The summed E-state index contributed by atoms with van der Waals surface area (Å²) in [5, 5.41) is 0. The van der Waals surface area contributed by atoms with Gasteiger partial charge in [0.2, 0.25) is 0 Å². The van der Waals surface area contributed by atoms with E-state index in [1.165, 1.54) is 0 Å². The largest absolute Gasteiger partial charge is 0.444 e. The molecule has 2 atom stereocenters. The van der Waals surface area contributed by atoms with Crippen molar-refractivity contribution in [3.8, 4) is 0 Å². The van der Waals surface area contributed by atoms with E-state index >= 15 is 0 Å². The Morgan fingerprint density at radius 2 is 2.00 bits per heavy atom. The van der Waals surface area contributed by atoms with Crippen LogP contribution < -0.4 is 5.73 Å². The fourth-order valence-corrected chi connectivity index (χ4v) is 1.83. The van der Waals surface area contributed by atoms with E-state index in [1.54, 1.807) is 11.9 Å². The molecule has 0 aromatic rings. The summed E-state index contributed by atoms with van der Waals surface area (Å²) < 4.78 is 5.29. The van der Waals surface area contributed by atoms with Gasteiger partial charge >= 0.3 is 6.09 Å². The maximum absolute atomic E-state index is 11.7. The van der Waals surface area contributed by atoms with Crippen LogP contribution in [0.2, 0.25) is 0 Å². The molecule has 1 aliphatic carbocycles. The highest BCUT2D eigenvalue weighted by Gasteiger charge is 2.30. The SMILES string of the molecule is CN(C(=O)OC(C)(C)C)[C@@H]1CC[C@H](N)C1. The Balaban J connectivity index is 2.46. The summed E-state index contributed by atoms with van der Waals surface area (Å²) in [5.74, 6) is 0. The highest BCUT2D eigenvalue weighted by Crippen LogP contribution is 2.23. The average Bonchev–Trinajstić information content (AvgIpc) is 2.47. The normalized spacial score (nSPS) is 26.5. The Morgan fingerprint density at radius 1 is 1.40 bits per heavy atom. The number of carbonyl (C=O) groups is 1. The van der Waals surface area contributed by atoms with Crippen LogP contribution in [0.15, 0.2) is 0 Å². The van der Waals surface area contributed by atoms with Crippen molar-refractivity contribution in [1.82, 2.24) is 4.90 Å². The van der Waals surface area contributed by atoms with E-state index in [4.69, 9.17) is 10.5 Å². The van der Waals surface area contributed by atoms with Crippen LogP contribution >= 0.6 is 0 Å². The number of nitrogens with zero attached hydrogens (tertiary/aromatic N) is 1. The molecule has 0 bridgehead atoms. The van der Waals surface area contributed by atoms with E-state index in [1.807, 2.05) is 20.8 Å². The smallest absolute Gasteiger partial charge is 0.410 e. The van der Waals surface area contributed by atoms with Crippen LogP contribution in [0.4, 0.5) is 4.79 Å². The molecule has 0 unspecified atom stereocenters. The van der Waals surface area contributed by atoms with Gasteiger partial charge in [-0.3, -0.25) is 0 Å². The summed E-state index contributed by atoms with van der Waals surface area (Å²) in [4.78, 5) is 13.4. The van der Waals surface area contributed by atoms with Crippen LogP contribution in [0, 0.1) is 0 Å². The third-order valence-electron chi connectivity index (χ3n) is 2.67. The fourth-order valence-electron chi connectivity index (χ4n) is 1.83. The number of hydrogen-bond acceptors (Lipinski definition) is 3. The monoisotopic (exact) mass is 214 g/mol. The maximum atomic E-state index is 11.7. The summed E-state index contributed by atoms with van der Waals surface area (Å²) in [6, 6.07) is 0.481. The Labute approximate surface area is 91.8 Å². The average molecular weight is 214 g/mol. The summed E-state index contributed by atoms with van der Waals surface area (Å²) in [7, 11) is 1.79. The number of amides is 1. The molecule has 1 rings (SSSR count). The van der Waals surface area contributed by atoms with Crippen LogP contribution in [0.3, 0.4) is 0 Å². The van der Waals surface area contributed by atoms with Gasteiger partial charge in [-0.2, -0.15) is 0 Å². The van der Waals surface area contributed by atoms with E-state index in [2.05, 4.69) is 0 Å². The zero-order valence-corrected chi connectivity index (χ0v) is 10.1. The Hall–Kier alpha value is -0.770. The van der Waals surface area contributed by atoms with E-state index < -0.39 is 5.60 Å². The lowest BCUT2D eigenvalue weighted by Gasteiger charge is -2.28. The molecule has 4 heteroatoms. The summed E-state index contributed by atoms with van der Waals surface area (Å²) in [6.07, 6.45) is 2.62. The van der Waals surface area contributed by atoms with Crippen molar-refractivity contribution in [3.63, 3.8) is 0 Å². The van der Waals surface area contributed by atoms with Gasteiger partial charge in [0.15, 0.2) is 0 Å². The zero-order valence-electron chi connectivity index (χ0n) is 10.1. The maximum Gasteiger partial charge on any atom is 0.410 e. The van der Waals surface area contributed by atoms with Gasteiger partial charge < -0.3 is 15.4 Å². The minimum Gasteiger partial charge on any atom is -0.444 e. The van der Waals surface area contributed by atoms with Crippen molar-refractivity contribution in [2.75, 3.05) is 7.05 Å². The third kappa shape index (κ3) is 3.70. The molecule has 0 aliphatic heterocycles. The van der Waals surface area contributed by atoms with Gasteiger partial charge in [-0.15, -0.1) is 0 Å². The van der Waals surface area contributed by atoms with Crippen LogP contribution in [0.5, 0.6) is 0 Å². The van der Waals surface area contributed by atoms with Gasteiger partial charge in [-0.05, 0) is 40.0 Å². The van der Waals surface area contributed by atoms with Crippen LogP contribution in [-0.4, -0.2) is 35.7 Å². The Morgan fingerprint density at radius 3 is 2.40 bits per heavy atom. The standard InChI is InChI=1S/C11H22N2O2/c1-11(2,3)15-10(14)13(4)9-6-5-8(12)7-9/h8-9H,5-7,12H2,1-4H3/t8-,9+/m0/s1. The van der Waals surface area contributed by atoms with Crippen molar-refractivity contribution in [2.24, 2.45) is 5.73 Å². The molecular weight excluding hydrogens is 192 g/mol. The number of hydrogen-bond donors (Lipinski definition) is 1. The van der Waals surface area contributed by atoms with E-state index in [0.717, 1.165) is 19.3 Å². The van der Waals surface area contributed by atoms with Gasteiger partial charge in [0, 0.05) is 19.1 Å². The molecule has 15 heavy (non-hydrogen) atoms. The van der Waals surface area contributed by atoms with Crippen molar-refractivity contribution in [3.05, 3.63) is 0 Å². The number of carbonyl (C=O) groups excluding carboxylic acids is 1. The lowest BCUT2D eigenvalue weighted by molar-refractivity contribution is 0.0226. The van der Waals surface area contributed by atoms with E-state index in [-0.39, 0.29) is 18.2 Å². The minimum absolute atomic E-state index is 0.236. The van der Waals surface area contributed by atoms with Crippen LogP contribution in [0.25, 0.3) is 0 Å². The molecular formula is C11H22N2O2. The molecule has 0 heterocycles. The zero-order chi connectivity index (χ0) is 11.6. The van der Waals surface area contributed by atoms with Crippen molar-refractivity contribution < 1.29 is 9.53 Å². The summed E-state index contributed by atoms with van der Waals surface area (Å²) >= 11 is 0. The Bertz CT molecular complexity index is 235. The molecule has 0 spiro atoms. The molecule has 0 radical (unpaired) electrons. The van der Waals surface area contributed by atoms with Gasteiger partial charge in [-0.25, -0.2) is 4.79 Å². The second-order valence-electron chi connectivity index (χ2n) is 5.32. The number of rotatable bonds is 1. The van der Waals surface area contributed by atoms with Crippen LogP contribution in [-0.2, 0) is 4.74 Å². The molecule has 0 aromatic heterocycles. The predicted molar refractivity (Wildman–Crippen MR) is 59.6 cm³/mol. The quantitative estimate of drug-likeness (QED) is 0.723. The molecule has 0 aromatic carbocycles. The first-order chi connectivity index (χ1) is 6.79. The first-order valence-corrected chi connectivity index (χ1v) is 5.51. The van der Waals surface area contributed by atoms with Crippen molar-refractivity contribution in [2.45, 2.75) is 57.7 Å². The third-order valence-corrected chi connectivity index (χ3v) is 2.67. The highest BCUT2D eigenvalue weighted by molar-refractivity contribution is 5.68. The summed E-state index contributed by atoms with van der Waals surface area (Å²) in [5.41, 5.74) is 5.39. The molecule has 88 valence electrons. The van der Waals surface area contributed by atoms with Gasteiger partial charge in [0.05, 0.1) is 0 Å². The molecule has 1 fully saturated rings. The predicted octanol–water partition coefficient (Wildman–Crippen LogP) is 1.73. The van der Waals surface area contributed by atoms with Gasteiger partial charge in [0.25, 0.3) is 0 Å². The lowest BCUT2D eigenvalue weighted by atomic mass is 10.2. The number of nitrogens with two attached hydrogens (primary N) is 1. The van der Waals surface area contributed by atoms with Crippen LogP contribution in [0.1, 0.15) is 40.0 Å². The lowest BCUT2D eigenvalue weighted by Crippen LogP contribution is -2.40. The van der Waals surface area contributed by atoms with E-state index in [9.17, 15) is 4.79 Å². The van der Waals surface area contributed by atoms with Gasteiger partial charge in [0.1, 0.15) is 5.60 Å². The second-order valence-corrected chi connectivity index (χ2v) is 5.32. The minimum atomic E-state index is -0.425. The number of ether oxygens (including phenoxy) is 1. The first-order valence-electron chi connectivity index (χ1n) is 5.51. The molecule has 2 N–H and O–H groups in total. The summed E-state index contributed by atoms with van der Waals surface area (Å²) in [6.45, 7) is 5.62. The molecule has 1 amide bonds. The molecule has 0 saturated heterocycles.